The van der Waals surface area contributed by atoms with Crippen LogP contribution in [0, 0.1) is 24.1 Å². The molecule has 0 bridgehead atoms. The van der Waals surface area contributed by atoms with Crippen LogP contribution in [0.15, 0.2) is 76.9 Å². The Morgan fingerprint density at radius 3 is 2.55 bits per heavy atom. The number of fused-ring (bicyclic) bond motifs is 1. The Balaban J connectivity index is 1.96. The van der Waals surface area contributed by atoms with Crippen molar-refractivity contribution in [2.75, 3.05) is 0 Å². The highest BCUT2D eigenvalue weighted by atomic mass is 19.1. The Hall–Kier alpha value is -3.85. The molecule has 0 fully saturated rings. The minimum atomic E-state index is -0.930. The summed E-state index contributed by atoms with van der Waals surface area (Å²) in [5.41, 5.74) is 7.69. The first kappa shape index (κ1) is 18.5. The van der Waals surface area contributed by atoms with E-state index >= 15 is 0 Å². The number of nitriles is 1. The maximum absolute atomic E-state index is 14.6. The summed E-state index contributed by atoms with van der Waals surface area (Å²) in [6.07, 6.45) is 0. The van der Waals surface area contributed by atoms with Crippen molar-refractivity contribution in [3.63, 3.8) is 0 Å². The molecule has 0 radical (unpaired) electrons. The van der Waals surface area contributed by atoms with Crippen molar-refractivity contribution < 1.29 is 9.13 Å². The highest BCUT2D eigenvalue weighted by Crippen LogP contribution is 2.41. The average molecular weight is 387 g/mol. The van der Waals surface area contributed by atoms with Crippen LogP contribution in [-0.2, 0) is 6.54 Å². The van der Waals surface area contributed by atoms with Crippen LogP contribution in [0.25, 0.3) is 0 Å². The lowest BCUT2D eigenvalue weighted by atomic mass is 9.83. The second kappa shape index (κ2) is 7.28. The molecule has 29 heavy (non-hydrogen) atoms. The minimum absolute atomic E-state index is 0.0230. The zero-order valence-electron chi connectivity index (χ0n) is 15.7. The Labute approximate surface area is 167 Å². The van der Waals surface area contributed by atoms with Gasteiger partial charge in [0.2, 0.25) is 5.88 Å². The van der Waals surface area contributed by atoms with Crippen LogP contribution in [0.1, 0.15) is 28.3 Å². The lowest BCUT2D eigenvalue weighted by Crippen LogP contribution is -2.33. The fourth-order valence-electron chi connectivity index (χ4n) is 3.67. The molecular weight excluding hydrogens is 369 g/mol. The summed E-state index contributed by atoms with van der Waals surface area (Å²) in [6, 6.07) is 19.3. The molecule has 0 saturated carbocycles. The molecule has 1 aromatic heterocycles. The largest absolute Gasteiger partial charge is 0.440 e. The lowest BCUT2D eigenvalue weighted by molar-refractivity contribution is 0.387. The molecule has 1 unspecified atom stereocenters. The molecular formula is C23H18FN3O2. The fraction of sp³-hybridized carbons (Fsp3) is 0.130. The van der Waals surface area contributed by atoms with Gasteiger partial charge in [-0.1, -0.05) is 48.5 Å². The number of nitrogens with two attached hydrogens (primary N) is 1. The number of aryl methyl sites for hydroxylation is 1. The van der Waals surface area contributed by atoms with Crippen LogP contribution in [-0.4, -0.2) is 4.57 Å². The summed E-state index contributed by atoms with van der Waals surface area (Å²) in [5.74, 6) is -1.31. The van der Waals surface area contributed by atoms with Crippen molar-refractivity contribution in [1.82, 2.24) is 4.57 Å². The lowest BCUT2D eigenvalue weighted by Gasteiger charge is -2.27. The van der Waals surface area contributed by atoms with Gasteiger partial charge in [-0.3, -0.25) is 4.79 Å². The van der Waals surface area contributed by atoms with E-state index in [0.29, 0.717) is 12.2 Å². The maximum Gasteiger partial charge on any atom is 0.259 e. The van der Waals surface area contributed by atoms with Gasteiger partial charge in [0.15, 0.2) is 0 Å². The fourth-order valence-corrected chi connectivity index (χ4v) is 3.67. The standard InChI is InChI=1S/C23H18FN3O2/c1-14-11-19-21(23(28)27(14)13-15-7-3-2-4-8-15)20(17(12-25)22(26)29-19)16-9-5-6-10-18(16)24/h2-11,20H,13,26H2,1H3. The number of nitrogens with zero attached hydrogens (tertiary/aromatic N) is 2. The number of pyridine rings is 1. The second-order valence-corrected chi connectivity index (χ2v) is 6.89. The van der Waals surface area contributed by atoms with E-state index < -0.39 is 11.7 Å². The smallest absolute Gasteiger partial charge is 0.259 e. The van der Waals surface area contributed by atoms with Gasteiger partial charge in [-0.2, -0.15) is 5.26 Å². The summed E-state index contributed by atoms with van der Waals surface area (Å²) in [4.78, 5) is 13.5. The number of benzene rings is 2. The molecule has 4 rings (SSSR count). The number of hydrogen-bond acceptors (Lipinski definition) is 4. The molecule has 6 heteroatoms. The summed E-state index contributed by atoms with van der Waals surface area (Å²) in [7, 11) is 0. The van der Waals surface area contributed by atoms with Gasteiger partial charge in [0.1, 0.15) is 23.2 Å². The molecule has 0 aliphatic carbocycles. The van der Waals surface area contributed by atoms with Gasteiger partial charge < -0.3 is 15.0 Å². The van der Waals surface area contributed by atoms with Crippen molar-refractivity contribution in [3.8, 4) is 11.8 Å². The Bertz CT molecular complexity index is 1220. The minimum Gasteiger partial charge on any atom is -0.440 e. The maximum atomic E-state index is 14.6. The second-order valence-electron chi connectivity index (χ2n) is 6.89. The van der Waals surface area contributed by atoms with Crippen LogP contribution in [0.2, 0.25) is 0 Å². The first-order chi connectivity index (χ1) is 14.0. The quantitative estimate of drug-likeness (QED) is 0.745. The number of hydrogen-bond donors (Lipinski definition) is 1. The highest BCUT2D eigenvalue weighted by Gasteiger charge is 2.35. The summed E-state index contributed by atoms with van der Waals surface area (Å²) < 4.78 is 21.8. The molecule has 0 saturated heterocycles. The van der Waals surface area contributed by atoms with Gasteiger partial charge in [-0.25, -0.2) is 4.39 Å². The zero-order valence-corrected chi connectivity index (χ0v) is 15.7. The predicted octanol–water partition coefficient (Wildman–Crippen LogP) is 3.56. The van der Waals surface area contributed by atoms with E-state index in [9.17, 15) is 14.4 Å². The topological polar surface area (TPSA) is 81.0 Å². The van der Waals surface area contributed by atoms with Crippen LogP contribution in [0.5, 0.6) is 5.75 Å². The number of ether oxygens (including phenoxy) is 1. The van der Waals surface area contributed by atoms with E-state index in [2.05, 4.69) is 0 Å². The first-order valence-electron chi connectivity index (χ1n) is 9.11. The summed E-state index contributed by atoms with van der Waals surface area (Å²) >= 11 is 0. The van der Waals surface area contributed by atoms with Crippen LogP contribution < -0.4 is 16.0 Å². The van der Waals surface area contributed by atoms with Crippen molar-refractivity contribution in [2.24, 2.45) is 5.73 Å². The van der Waals surface area contributed by atoms with Crippen molar-refractivity contribution in [1.29, 1.82) is 5.26 Å². The average Bonchev–Trinajstić information content (AvgIpc) is 2.71. The van der Waals surface area contributed by atoms with Crippen LogP contribution in [0.3, 0.4) is 0 Å². The molecule has 144 valence electrons. The van der Waals surface area contributed by atoms with Gasteiger partial charge in [-0.05, 0) is 18.6 Å². The van der Waals surface area contributed by atoms with Gasteiger partial charge in [0, 0.05) is 17.3 Å². The molecule has 1 aliphatic heterocycles. The van der Waals surface area contributed by atoms with Gasteiger partial charge in [-0.15, -0.1) is 0 Å². The Kier molecular flexibility index (Phi) is 4.65. The zero-order chi connectivity index (χ0) is 20.5. The molecule has 2 N–H and O–H groups in total. The van der Waals surface area contributed by atoms with E-state index in [0.717, 1.165) is 5.56 Å². The van der Waals surface area contributed by atoms with Gasteiger partial charge in [0.05, 0.1) is 18.0 Å². The van der Waals surface area contributed by atoms with Crippen molar-refractivity contribution in [3.05, 3.63) is 111 Å². The molecule has 0 amide bonds. The summed E-state index contributed by atoms with van der Waals surface area (Å²) in [5, 5.41) is 9.66. The number of rotatable bonds is 3. The Morgan fingerprint density at radius 2 is 1.86 bits per heavy atom. The van der Waals surface area contributed by atoms with E-state index in [4.69, 9.17) is 10.5 Å². The molecule has 1 aliphatic rings. The SMILES string of the molecule is Cc1cc2c(c(=O)n1Cc1ccccc1)C(c1ccccc1F)C(C#N)=C(N)O2. The van der Waals surface area contributed by atoms with E-state index in [1.807, 2.05) is 36.4 Å². The normalized spacial score (nSPS) is 15.4. The molecule has 1 atom stereocenters. The molecule has 3 aromatic rings. The predicted molar refractivity (Wildman–Crippen MR) is 107 cm³/mol. The van der Waals surface area contributed by atoms with Crippen molar-refractivity contribution in [2.45, 2.75) is 19.4 Å². The first-order valence-corrected chi connectivity index (χ1v) is 9.11. The van der Waals surface area contributed by atoms with Crippen LogP contribution >= 0.6 is 0 Å². The van der Waals surface area contributed by atoms with E-state index in [1.165, 1.54) is 6.07 Å². The third-order valence-corrected chi connectivity index (χ3v) is 5.09. The van der Waals surface area contributed by atoms with Gasteiger partial charge >= 0.3 is 0 Å². The van der Waals surface area contributed by atoms with Gasteiger partial charge in [0.25, 0.3) is 5.56 Å². The highest BCUT2D eigenvalue weighted by molar-refractivity contribution is 5.55. The molecule has 0 spiro atoms. The number of aromatic nitrogens is 1. The molecule has 5 nitrogen and oxygen atoms in total. The van der Waals surface area contributed by atoms with E-state index in [1.54, 1.807) is 35.8 Å². The summed E-state index contributed by atoms with van der Waals surface area (Å²) in [6.45, 7) is 2.15. The van der Waals surface area contributed by atoms with Crippen molar-refractivity contribution >= 4 is 0 Å². The number of allylic oxidation sites excluding steroid dienone is 1. The molecule has 2 heterocycles. The number of halogens is 1. The van der Waals surface area contributed by atoms with Crippen LogP contribution in [0.4, 0.5) is 4.39 Å². The third kappa shape index (κ3) is 3.17. The Morgan fingerprint density at radius 1 is 1.17 bits per heavy atom. The third-order valence-electron chi connectivity index (χ3n) is 5.09. The monoisotopic (exact) mass is 387 g/mol. The van der Waals surface area contributed by atoms with E-state index in [-0.39, 0.29) is 33.9 Å². The molecule has 2 aromatic carbocycles.